The number of nitrogens with two attached hydrogens (primary N) is 1. The molecule has 94 valence electrons. The summed E-state index contributed by atoms with van der Waals surface area (Å²) in [6.45, 7) is 5.73. The summed E-state index contributed by atoms with van der Waals surface area (Å²) in [7, 11) is 0. The fourth-order valence-electron chi connectivity index (χ4n) is 1.67. The maximum atomic E-state index is 12.8. The number of benzene rings is 1. The molecule has 1 aromatic carbocycles. The third-order valence-corrected chi connectivity index (χ3v) is 3.36. The Hall–Kier alpha value is -1.58. The minimum absolute atomic E-state index is 0.0880. The van der Waals surface area contributed by atoms with Gasteiger partial charge in [-0.05, 0) is 37.1 Å². The molecule has 1 aromatic rings. The van der Waals surface area contributed by atoms with Crippen molar-refractivity contribution >= 4 is 11.6 Å². The van der Waals surface area contributed by atoms with Gasteiger partial charge in [0.2, 0.25) is 5.91 Å². The van der Waals surface area contributed by atoms with Gasteiger partial charge in [0.05, 0.1) is 0 Å². The first kappa shape index (κ1) is 13.5. The third-order valence-electron chi connectivity index (χ3n) is 3.36. The van der Waals surface area contributed by atoms with Crippen LogP contribution in [-0.2, 0) is 4.79 Å². The lowest BCUT2D eigenvalue weighted by Crippen LogP contribution is -2.52. The molecular formula is C13H19FN2O. The molecule has 0 radical (unpaired) electrons. The highest BCUT2D eigenvalue weighted by Crippen LogP contribution is 2.25. The van der Waals surface area contributed by atoms with Gasteiger partial charge in [0.1, 0.15) is 11.4 Å². The maximum Gasteiger partial charge on any atom is 0.243 e. The van der Waals surface area contributed by atoms with Gasteiger partial charge >= 0.3 is 0 Å². The van der Waals surface area contributed by atoms with Crippen molar-refractivity contribution in [3.8, 4) is 0 Å². The van der Waals surface area contributed by atoms with Crippen LogP contribution in [0, 0.1) is 11.7 Å². The first-order valence-electron chi connectivity index (χ1n) is 5.73. The second-order valence-corrected chi connectivity index (χ2v) is 4.51. The van der Waals surface area contributed by atoms with Crippen molar-refractivity contribution in [2.75, 3.05) is 5.32 Å². The number of hydrogen-bond acceptors (Lipinski definition) is 2. The second kappa shape index (κ2) is 5.17. The van der Waals surface area contributed by atoms with Crippen molar-refractivity contribution < 1.29 is 9.18 Å². The summed E-state index contributed by atoms with van der Waals surface area (Å²) in [5.41, 5.74) is 5.31. The largest absolute Gasteiger partial charge is 0.371 e. The number of hydrogen-bond donors (Lipinski definition) is 2. The SMILES string of the molecule is CCC(C)C(C)(Nc1ccc(F)cc1)C(N)=O. The zero-order valence-corrected chi connectivity index (χ0v) is 10.5. The minimum atomic E-state index is -0.827. The van der Waals surface area contributed by atoms with Gasteiger partial charge < -0.3 is 11.1 Å². The first-order chi connectivity index (χ1) is 7.90. The van der Waals surface area contributed by atoms with Gasteiger partial charge in [-0.1, -0.05) is 20.3 Å². The van der Waals surface area contributed by atoms with Crippen molar-refractivity contribution in [1.82, 2.24) is 0 Å². The summed E-state index contributed by atoms with van der Waals surface area (Å²) < 4.78 is 12.8. The molecule has 0 spiro atoms. The fraction of sp³-hybridized carbons (Fsp3) is 0.462. The molecule has 1 rings (SSSR count). The van der Waals surface area contributed by atoms with Crippen molar-refractivity contribution in [2.45, 2.75) is 32.7 Å². The molecule has 3 N–H and O–H groups in total. The van der Waals surface area contributed by atoms with Gasteiger partial charge in [-0.15, -0.1) is 0 Å². The van der Waals surface area contributed by atoms with Crippen LogP contribution in [-0.4, -0.2) is 11.4 Å². The van der Waals surface area contributed by atoms with Crippen molar-refractivity contribution in [1.29, 1.82) is 0 Å². The van der Waals surface area contributed by atoms with Crippen LogP contribution in [0.3, 0.4) is 0 Å². The molecule has 0 saturated heterocycles. The van der Waals surface area contributed by atoms with Crippen LogP contribution in [0.25, 0.3) is 0 Å². The molecule has 0 saturated carbocycles. The van der Waals surface area contributed by atoms with Crippen LogP contribution < -0.4 is 11.1 Å². The van der Waals surface area contributed by atoms with E-state index in [0.29, 0.717) is 5.69 Å². The molecule has 2 atom stereocenters. The maximum absolute atomic E-state index is 12.8. The molecule has 1 amide bonds. The Labute approximate surface area is 101 Å². The lowest BCUT2D eigenvalue weighted by Gasteiger charge is -2.34. The number of amides is 1. The van der Waals surface area contributed by atoms with Crippen LogP contribution in [0.5, 0.6) is 0 Å². The Morgan fingerprint density at radius 2 is 2.00 bits per heavy atom. The van der Waals surface area contributed by atoms with Gasteiger partial charge in [-0.2, -0.15) is 0 Å². The predicted octanol–water partition coefficient (Wildman–Crippen LogP) is 2.53. The molecule has 17 heavy (non-hydrogen) atoms. The van der Waals surface area contributed by atoms with E-state index in [1.165, 1.54) is 12.1 Å². The average Bonchev–Trinajstić information content (AvgIpc) is 2.30. The van der Waals surface area contributed by atoms with Crippen molar-refractivity contribution in [2.24, 2.45) is 11.7 Å². The van der Waals surface area contributed by atoms with E-state index in [-0.39, 0.29) is 11.7 Å². The number of rotatable bonds is 5. The van der Waals surface area contributed by atoms with E-state index < -0.39 is 11.4 Å². The Morgan fingerprint density at radius 1 is 1.47 bits per heavy atom. The number of halogens is 1. The normalized spacial score (nSPS) is 16.0. The number of carbonyl (C=O) groups is 1. The van der Waals surface area contributed by atoms with Crippen LogP contribution in [0.4, 0.5) is 10.1 Å². The van der Waals surface area contributed by atoms with E-state index in [1.807, 2.05) is 13.8 Å². The molecule has 0 aliphatic carbocycles. The zero-order valence-electron chi connectivity index (χ0n) is 10.5. The topological polar surface area (TPSA) is 55.1 Å². The Balaban J connectivity index is 2.94. The molecule has 4 heteroatoms. The van der Waals surface area contributed by atoms with E-state index in [9.17, 15) is 9.18 Å². The average molecular weight is 238 g/mol. The molecule has 0 aliphatic rings. The third kappa shape index (κ3) is 2.96. The van der Waals surface area contributed by atoms with Crippen molar-refractivity contribution in [3.05, 3.63) is 30.1 Å². The van der Waals surface area contributed by atoms with Gasteiger partial charge in [0.15, 0.2) is 0 Å². The molecular weight excluding hydrogens is 219 g/mol. The van der Waals surface area contributed by atoms with Gasteiger partial charge in [-0.3, -0.25) is 4.79 Å². The standard InChI is InChI=1S/C13H19FN2O/c1-4-9(2)13(3,12(15)17)16-11-7-5-10(14)6-8-11/h5-9,16H,4H2,1-3H3,(H2,15,17). The highest BCUT2D eigenvalue weighted by Gasteiger charge is 2.36. The first-order valence-corrected chi connectivity index (χ1v) is 5.73. The molecule has 0 bridgehead atoms. The monoisotopic (exact) mass is 238 g/mol. The highest BCUT2D eigenvalue weighted by molar-refractivity contribution is 5.87. The summed E-state index contributed by atoms with van der Waals surface area (Å²) >= 11 is 0. The van der Waals surface area contributed by atoms with Gasteiger partial charge in [-0.25, -0.2) is 4.39 Å². The van der Waals surface area contributed by atoms with E-state index in [4.69, 9.17) is 5.73 Å². The lowest BCUT2D eigenvalue weighted by molar-refractivity contribution is -0.123. The van der Waals surface area contributed by atoms with Crippen LogP contribution in [0.2, 0.25) is 0 Å². The van der Waals surface area contributed by atoms with Crippen LogP contribution >= 0.6 is 0 Å². The number of carbonyl (C=O) groups excluding carboxylic acids is 1. The Bertz CT molecular complexity index is 391. The van der Waals surface area contributed by atoms with Crippen LogP contribution in [0.1, 0.15) is 27.2 Å². The number of nitrogens with one attached hydrogen (secondary N) is 1. The quantitative estimate of drug-likeness (QED) is 0.828. The summed E-state index contributed by atoms with van der Waals surface area (Å²) in [5.74, 6) is -0.624. The molecule has 3 nitrogen and oxygen atoms in total. The second-order valence-electron chi connectivity index (χ2n) is 4.51. The Morgan fingerprint density at radius 3 is 2.41 bits per heavy atom. The van der Waals surface area contributed by atoms with Crippen LogP contribution in [0.15, 0.2) is 24.3 Å². The molecule has 2 unspecified atom stereocenters. The van der Waals surface area contributed by atoms with Gasteiger partial charge in [0, 0.05) is 5.69 Å². The zero-order chi connectivity index (χ0) is 13.1. The molecule has 0 aliphatic heterocycles. The molecule has 0 fully saturated rings. The Kier molecular flexibility index (Phi) is 4.10. The fourth-order valence-corrected chi connectivity index (χ4v) is 1.67. The summed E-state index contributed by atoms with van der Waals surface area (Å²) in [4.78, 5) is 11.6. The minimum Gasteiger partial charge on any atom is -0.371 e. The predicted molar refractivity (Wildman–Crippen MR) is 67.1 cm³/mol. The molecule has 0 heterocycles. The molecule has 0 aromatic heterocycles. The van der Waals surface area contributed by atoms with E-state index in [2.05, 4.69) is 5.32 Å². The summed E-state index contributed by atoms with van der Waals surface area (Å²) in [5, 5.41) is 3.09. The van der Waals surface area contributed by atoms with E-state index in [1.54, 1.807) is 19.1 Å². The number of primary amides is 1. The number of anilines is 1. The summed E-state index contributed by atoms with van der Waals surface area (Å²) in [6.07, 6.45) is 0.827. The summed E-state index contributed by atoms with van der Waals surface area (Å²) in [6, 6.07) is 5.89. The van der Waals surface area contributed by atoms with E-state index in [0.717, 1.165) is 6.42 Å². The van der Waals surface area contributed by atoms with E-state index >= 15 is 0 Å². The van der Waals surface area contributed by atoms with Crippen molar-refractivity contribution in [3.63, 3.8) is 0 Å². The lowest BCUT2D eigenvalue weighted by atomic mass is 9.84. The van der Waals surface area contributed by atoms with Gasteiger partial charge in [0.25, 0.3) is 0 Å². The highest BCUT2D eigenvalue weighted by atomic mass is 19.1. The smallest absolute Gasteiger partial charge is 0.243 e.